The molecule has 7 aromatic carbocycles. The second-order valence-electron chi connectivity index (χ2n) is 17.5. The molecule has 0 unspecified atom stereocenters. The van der Waals surface area contributed by atoms with Gasteiger partial charge in [0.25, 0.3) is 0 Å². The molecular formula is C59H64O7. The van der Waals surface area contributed by atoms with Gasteiger partial charge in [-0.15, -0.1) is 0 Å². The van der Waals surface area contributed by atoms with Crippen molar-refractivity contribution >= 4 is 0 Å². The van der Waals surface area contributed by atoms with Gasteiger partial charge in [0.2, 0.25) is 0 Å². The molecule has 0 N–H and O–H groups in total. The Labute approximate surface area is 392 Å². The van der Waals surface area contributed by atoms with E-state index < -0.39 is 0 Å². The van der Waals surface area contributed by atoms with Gasteiger partial charge >= 0.3 is 0 Å². The number of aryl methyl sites for hydroxylation is 8. The molecule has 0 aliphatic carbocycles. The molecule has 0 heterocycles. The maximum absolute atomic E-state index is 6.67. The second kappa shape index (κ2) is 22.4. The van der Waals surface area contributed by atoms with Crippen LogP contribution in [0.15, 0.2) is 127 Å². The average molecular weight is 885 g/mol. The number of benzene rings is 7. The van der Waals surface area contributed by atoms with E-state index in [-0.39, 0.29) is 6.61 Å². The van der Waals surface area contributed by atoms with Crippen LogP contribution in [0.5, 0.6) is 40.2 Å². The molecule has 7 aromatic rings. The van der Waals surface area contributed by atoms with Crippen LogP contribution in [0.4, 0.5) is 0 Å². The second-order valence-corrected chi connectivity index (χ2v) is 17.5. The third-order valence-corrected chi connectivity index (χ3v) is 11.5. The van der Waals surface area contributed by atoms with Crippen molar-refractivity contribution in [3.63, 3.8) is 0 Å². The number of hydrogen-bond acceptors (Lipinski definition) is 7. The number of rotatable bonds is 21. The highest BCUT2D eigenvalue weighted by Crippen LogP contribution is 2.31. The van der Waals surface area contributed by atoms with E-state index in [0.717, 1.165) is 102 Å². The lowest BCUT2D eigenvalue weighted by molar-refractivity contribution is 0.260. The normalized spacial score (nSPS) is 11.0. The van der Waals surface area contributed by atoms with Crippen LogP contribution in [0, 0.1) is 55.4 Å². The zero-order chi connectivity index (χ0) is 46.6. The van der Waals surface area contributed by atoms with Crippen molar-refractivity contribution in [1.29, 1.82) is 0 Å². The van der Waals surface area contributed by atoms with Gasteiger partial charge in [-0.1, -0.05) is 95.9 Å². The van der Waals surface area contributed by atoms with E-state index in [9.17, 15) is 0 Å². The summed E-state index contributed by atoms with van der Waals surface area (Å²) in [6.07, 6.45) is 0.884. The predicted octanol–water partition coefficient (Wildman–Crippen LogP) is 14.4. The van der Waals surface area contributed by atoms with Crippen molar-refractivity contribution in [2.24, 2.45) is 0 Å². The fourth-order valence-electron chi connectivity index (χ4n) is 7.94. The Hall–Kier alpha value is -6.86. The molecule has 0 amide bonds. The smallest absolute Gasteiger partial charge is 0.126 e. The van der Waals surface area contributed by atoms with E-state index in [1.165, 1.54) is 22.3 Å². The third-order valence-electron chi connectivity index (χ3n) is 11.5. The molecule has 7 rings (SSSR count). The Balaban J connectivity index is 1.10. The Bertz CT molecular complexity index is 2750. The summed E-state index contributed by atoms with van der Waals surface area (Å²) < 4.78 is 44.9. The molecule has 0 aliphatic rings. The third kappa shape index (κ3) is 12.9. The molecular weight excluding hydrogens is 821 g/mol. The summed E-state index contributed by atoms with van der Waals surface area (Å²) >= 11 is 0. The molecule has 0 aliphatic heterocycles. The Morgan fingerprint density at radius 2 is 0.530 bits per heavy atom. The number of hydrogen-bond donors (Lipinski definition) is 0. The van der Waals surface area contributed by atoms with Crippen LogP contribution in [0.3, 0.4) is 0 Å². The van der Waals surface area contributed by atoms with Crippen LogP contribution in [0.25, 0.3) is 0 Å². The molecule has 66 heavy (non-hydrogen) atoms. The van der Waals surface area contributed by atoms with Gasteiger partial charge in [-0.2, -0.15) is 0 Å². The first-order chi connectivity index (χ1) is 31.9. The van der Waals surface area contributed by atoms with E-state index in [2.05, 4.69) is 147 Å². The van der Waals surface area contributed by atoms with Gasteiger partial charge < -0.3 is 33.2 Å². The van der Waals surface area contributed by atoms with Crippen LogP contribution in [-0.4, -0.2) is 6.61 Å². The minimum Gasteiger partial charge on any atom is -0.493 e. The molecule has 0 saturated heterocycles. The standard InChI is InChI=1S/C59H64O7/c1-10-25-60-57-22-15-49(35-63-58-23-16-47(33-61-53-18-11-39(2)26-43(53)6)31-51(58)36-64-55-20-13-41(4)28-45(55)8)30-50(57)38-66-59-24-17-48(34-62-54-19-12-40(3)27-44(54)7)32-52(59)37-65-56-21-14-42(5)29-46(56)9/h11-24,26-32H,10,25,33-38H2,1-9H3. The maximum atomic E-state index is 6.67. The molecule has 0 atom stereocenters. The van der Waals surface area contributed by atoms with Crippen LogP contribution >= 0.6 is 0 Å². The van der Waals surface area contributed by atoms with Crippen molar-refractivity contribution in [2.75, 3.05) is 6.61 Å². The van der Waals surface area contributed by atoms with Gasteiger partial charge in [0.1, 0.15) is 79.9 Å². The van der Waals surface area contributed by atoms with Crippen LogP contribution in [0.2, 0.25) is 0 Å². The number of ether oxygens (including phenoxy) is 7. The molecule has 342 valence electrons. The Kier molecular flexibility index (Phi) is 16.0. The maximum Gasteiger partial charge on any atom is 0.126 e. The van der Waals surface area contributed by atoms with E-state index in [0.29, 0.717) is 39.6 Å². The lowest BCUT2D eigenvalue weighted by atomic mass is 10.1. The summed E-state index contributed by atoms with van der Waals surface area (Å²) in [5, 5.41) is 0. The van der Waals surface area contributed by atoms with Gasteiger partial charge in [0.05, 0.1) is 6.61 Å². The van der Waals surface area contributed by atoms with Crippen molar-refractivity contribution in [2.45, 2.75) is 108 Å². The van der Waals surface area contributed by atoms with Gasteiger partial charge in [0.15, 0.2) is 0 Å². The minimum atomic E-state index is 0.284. The van der Waals surface area contributed by atoms with Crippen molar-refractivity contribution in [1.82, 2.24) is 0 Å². The molecule has 7 heteroatoms. The minimum absolute atomic E-state index is 0.284. The predicted molar refractivity (Wildman–Crippen MR) is 265 cm³/mol. The fourth-order valence-corrected chi connectivity index (χ4v) is 7.94. The molecule has 7 nitrogen and oxygen atoms in total. The summed E-state index contributed by atoms with van der Waals surface area (Å²) in [5.41, 5.74) is 15.0. The lowest BCUT2D eigenvalue weighted by Crippen LogP contribution is -2.08. The first-order valence-electron chi connectivity index (χ1n) is 22.9. The summed E-state index contributed by atoms with van der Waals surface area (Å²) in [7, 11) is 0. The topological polar surface area (TPSA) is 64.6 Å². The van der Waals surface area contributed by atoms with Crippen LogP contribution in [0.1, 0.15) is 91.2 Å². The molecule has 0 saturated carbocycles. The largest absolute Gasteiger partial charge is 0.493 e. The quantitative estimate of drug-likeness (QED) is 0.0712. The van der Waals surface area contributed by atoms with E-state index in [1.54, 1.807) is 0 Å². The first-order valence-corrected chi connectivity index (χ1v) is 22.9. The fraction of sp³-hybridized carbons (Fsp3) is 0.288. The molecule has 0 bridgehead atoms. The SMILES string of the molecule is CCCOc1ccc(COc2ccc(COc3ccc(C)cc3C)cc2COc2ccc(C)cc2C)cc1COc1ccc(COc2ccc(C)cc2C)cc1COc1ccc(C)cc1C. The highest BCUT2D eigenvalue weighted by molar-refractivity contribution is 5.44. The molecule has 0 radical (unpaired) electrons. The lowest BCUT2D eigenvalue weighted by Gasteiger charge is -2.18. The van der Waals surface area contributed by atoms with Gasteiger partial charge in [-0.25, -0.2) is 0 Å². The average Bonchev–Trinajstić information content (AvgIpc) is 3.29. The summed E-state index contributed by atoms with van der Waals surface area (Å²) in [6.45, 7) is 21.5. The monoisotopic (exact) mass is 884 g/mol. The summed E-state index contributed by atoms with van der Waals surface area (Å²) in [5.74, 6) is 5.68. The van der Waals surface area contributed by atoms with E-state index in [1.807, 2.05) is 42.5 Å². The first kappa shape index (κ1) is 47.1. The molecule has 0 spiro atoms. The van der Waals surface area contributed by atoms with Crippen molar-refractivity contribution < 1.29 is 33.2 Å². The van der Waals surface area contributed by atoms with Gasteiger partial charge in [-0.05, 0) is 161 Å². The van der Waals surface area contributed by atoms with Gasteiger partial charge in [-0.3, -0.25) is 0 Å². The van der Waals surface area contributed by atoms with E-state index in [4.69, 9.17) is 33.2 Å². The summed E-state index contributed by atoms with van der Waals surface area (Å²) in [4.78, 5) is 0. The van der Waals surface area contributed by atoms with Gasteiger partial charge in [0, 0.05) is 16.7 Å². The Morgan fingerprint density at radius 1 is 0.273 bits per heavy atom. The van der Waals surface area contributed by atoms with Crippen LogP contribution < -0.4 is 33.2 Å². The zero-order valence-electron chi connectivity index (χ0n) is 40.1. The zero-order valence-corrected chi connectivity index (χ0v) is 40.1. The molecule has 0 fully saturated rings. The van der Waals surface area contributed by atoms with E-state index >= 15 is 0 Å². The van der Waals surface area contributed by atoms with Crippen LogP contribution in [-0.2, 0) is 39.6 Å². The van der Waals surface area contributed by atoms with Crippen molar-refractivity contribution in [3.8, 4) is 40.2 Å². The Morgan fingerprint density at radius 3 is 0.833 bits per heavy atom. The summed E-state index contributed by atoms with van der Waals surface area (Å²) in [6, 6.07) is 43.5. The highest BCUT2D eigenvalue weighted by Gasteiger charge is 2.15. The van der Waals surface area contributed by atoms with Crippen molar-refractivity contribution in [3.05, 3.63) is 205 Å². The highest BCUT2D eigenvalue weighted by atomic mass is 16.5. The molecule has 0 aromatic heterocycles.